The second-order valence-electron chi connectivity index (χ2n) is 4.91. The van der Waals surface area contributed by atoms with Crippen LogP contribution in [0, 0.1) is 0 Å². The summed E-state index contributed by atoms with van der Waals surface area (Å²) in [6.45, 7) is 8.10. The van der Waals surface area contributed by atoms with Crippen molar-refractivity contribution in [1.82, 2.24) is 10.2 Å². The molecule has 1 N–H and O–H groups in total. The molecule has 1 rings (SSSR count). The third-order valence-corrected chi connectivity index (χ3v) is 3.39. The zero-order chi connectivity index (χ0) is 13.1. The number of hydrogen-bond acceptors (Lipinski definition) is 4. The van der Waals surface area contributed by atoms with Crippen molar-refractivity contribution < 1.29 is 14.3 Å². The zero-order valence-corrected chi connectivity index (χ0v) is 11.6. The lowest BCUT2D eigenvalue weighted by atomic mass is 10.2. The van der Waals surface area contributed by atoms with Crippen molar-refractivity contribution in [3.8, 4) is 0 Å². The molecule has 1 saturated heterocycles. The number of alkyl carbamates (subject to hydrolysis) is 1. The van der Waals surface area contributed by atoms with Gasteiger partial charge in [-0.2, -0.15) is 0 Å². The standard InChI is InChI=1S/C11H20N2O3S/c1-8-13(5-6-17-8)9(14)7-12-10(15)16-11(2,3)4/h8H,5-7H2,1-4H3,(H,12,15). The number of nitrogens with zero attached hydrogens (tertiary/aromatic N) is 1. The van der Waals surface area contributed by atoms with Crippen LogP contribution < -0.4 is 5.32 Å². The highest BCUT2D eigenvalue weighted by molar-refractivity contribution is 8.00. The first-order valence-corrected chi connectivity index (χ1v) is 6.72. The van der Waals surface area contributed by atoms with Crippen molar-refractivity contribution in [1.29, 1.82) is 0 Å². The van der Waals surface area contributed by atoms with E-state index in [4.69, 9.17) is 4.74 Å². The summed E-state index contributed by atoms with van der Waals surface area (Å²) in [5.41, 5.74) is -0.538. The molecule has 1 heterocycles. The van der Waals surface area contributed by atoms with Gasteiger partial charge in [-0.3, -0.25) is 4.79 Å². The molecule has 0 aromatic carbocycles. The van der Waals surface area contributed by atoms with Crippen LogP contribution in [0.2, 0.25) is 0 Å². The first-order valence-electron chi connectivity index (χ1n) is 5.67. The fourth-order valence-corrected chi connectivity index (χ4v) is 2.53. The molecule has 0 bridgehead atoms. The molecular weight excluding hydrogens is 240 g/mol. The maximum Gasteiger partial charge on any atom is 0.408 e. The highest BCUT2D eigenvalue weighted by Crippen LogP contribution is 2.22. The molecule has 1 aliphatic rings. The average Bonchev–Trinajstić information content (AvgIpc) is 2.58. The number of ether oxygens (including phenoxy) is 1. The predicted octanol–water partition coefficient (Wildman–Crippen LogP) is 1.43. The van der Waals surface area contributed by atoms with E-state index in [-0.39, 0.29) is 17.8 Å². The molecule has 0 radical (unpaired) electrons. The Morgan fingerprint density at radius 3 is 2.59 bits per heavy atom. The minimum atomic E-state index is -0.551. The molecule has 98 valence electrons. The van der Waals surface area contributed by atoms with Gasteiger partial charge in [0.2, 0.25) is 5.91 Å². The summed E-state index contributed by atoms with van der Waals surface area (Å²) in [5.74, 6) is 0.896. The van der Waals surface area contributed by atoms with Gasteiger partial charge < -0.3 is 15.0 Å². The van der Waals surface area contributed by atoms with E-state index in [1.807, 2.05) is 6.92 Å². The summed E-state index contributed by atoms with van der Waals surface area (Å²) in [7, 11) is 0. The van der Waals surface area contributed by atoms with Gasteiger partial charge in [0, 0.05) is 12.3 Å². The lowest BCUT2D eigenvalue weighted by Crippen LogP contribution is -2.42. The summed E-state index contributed by atoms with van der Waals surface area (Å²) in [6.07, 6.45) is -0.551. The molecule has 2 amide bonds. The first kappa shape index (κ1) is 14.2. The van der Waals surface area contributed by atoms with Crippen molar-refractivity contribution >= 4 is 23.8 Å². The minimum Gasteiger partial charge on any atom is -0.444 e. The molecule has 1 unspecified atom stereocenters. The lowest BCUT2D eigenvalue weighted by Gasteiger charge is -2.22. The molecule has 5 nitrogen and oxygen atoms in total. The lowest BCUT2D eigenvalue weighted by molar-refractivity contribution is -0.130. The van der Waals surface area contributed by atoms with Crippen molar-refractivity contribution in [2.24, 2.45) is 0 Å². The Morgan fingerprint density at radius 1 is 1.47 bits per heavy atom. The van der Waals surface area contributed by atoms with Gasteiger partial charge in [0.25, 0.3) is 0 Å². The van der Waals surface area contributed by atoms with Crippen LogP contribution in [-0.2, 0) is 9.53 Å². The summed E-state index contributed by atoms with van der Waals surface area (Å²) >= 11 is 1.74. The maximum absolute atomic E-state index is 11.8. The third kappa shape index (κ3) is 4.85. The Bertz CT molecular complexity index is 302. The summed E-state index contributed by atoms with van der Waals surface area (Å²) in [6, 6.07) is 0. The van der Waals surface area contributed by atoms with E-state index in [0.29, 0.717) is 0 Å². The van der Waals surface area contributed by atoms with E-state index < -0.39 is 11.7 Å². The molecule has 17 heavy (non-hydrogen) atoms. The molecule has 0 aromatic heterocycles. The quantitative estimate of drug-likeness (QED) is 0.816. The summed E-state index contributed by atoms with van der Waals surface area (Å²) < 4.78 is 5.05. The van der Waals surface area contributed by atoms with E-state index in [1.54, 1.807) is 37.4 Å². The van der Waals surface area contributed by atoms with Crippen LogP contribution in [-0.4, -0.2) is 46.7 Å². The van der Waals surface area contributed by atoms with Crippen LogP contribution in [0.4, 0.5) is 4.79 Å². The van der Waals surface area contributed by atoms with Crippen molar-refractivity contribution in [2.45, 2.75) is 38.7 Å². The highest BCUT2D eigenvalue weighted by Gasteiger charge is 2.26. The fraction of sp³-hybridized carbons (Fsp3) is 0.818. The van der Waals surface area contributed by atoms with Gasteiger partial charge >= 0.3 is 6.09 Å². The van der Waals surface area contributed by atoms with Gasteiger partial charge in [-0.25, -0.2) is 4.79 Å². The minimum absolute atomic E-state index is 0.000185. The van der Waals surface area contributed by atoms with E-state index in [2.05, 4.69) is 5.32 Å². The Hall–Kier alpha value is -0.910. The van der Waals surface area contributed by atoms with Crippen LogP contribution in [0.15, 0.2) is 0 Å². The normalized spacial score (nSPS) is 20.2. The van der Waals surface area contributed by atoms with Gasteiger partial charge in [0.1, 0.15) is 12.1 Å². The van der Waals surface area contributed by atoms with Crippen molar-refractivity contribution in [2.75, 3.05) is 18.8 Å². The van der Waals surface area contributed by atoms with E-state index in [9.17, 15) is 9.59 Å². The average molecular weight is 260 g/mol. The van der Waals surface area contributed by atoms with E-state index >= 15 is 0 Å². The highest BCUT2D eigenvalue weighted by atomic mass is 32.2. The van der Waals surface area contributed by atoms with Gasteiger partial charge in [0.15, 0.2) is 0 Å². The third-order valence-electron chi connectivity index (χ3n) is 2.23. The number of amides is 2. The number of hydrogen-bond donors (Lipinski definition) is 1. The molecule has 0 spiro atoms. The van der Waals surface area contributed by atoms with Crippen LogP contribution in [0.1, 0.15) is 27.7 Å². The molecule has 0 aromatic rings. The zero-order valence-electron chi connectivity index (χ0n) is 10.8. The van der Waals surface area contributed by atoms with Crippen LogP contribution in [0.5, 0.6) is 0 Å². The number of carbonyl (C=O) groups excluding carboxylic acids is 2. The van der Waals surface area contributed by atoms with Gasteiger partial charge in [-0.15, -0.1) is 11.8 Å². The second-order valence-corrected chi connectivity index (χ2v) is 6.34. The molecule has 1 fully saturated rings. The molecule has 0 saturated carbocycles. The fourth-order valence-electron chi connectivity index (χ4n) is 1.48. The number of rotatable bonds is 2. The Labute approximate surface area is 106 Å². The molecule has 0 aliphatic carbocycles. The monoisotopic (exact) mass is 260 g/mol. The second kappa shape index (κ2) is 5.62. The SMILES string of the molecule is CC1SCCN1C(=O)CNC(=O)OC(C)(C)C. The van der Waals surface area contributed by atoms with Crippen LogP contribution in [0.25, 0.3) is 0 Å². The van der Waals surface area contributed by atoms with Crippen LogP contribution in [0.3, 0.4) is 0 Å². The van der Waals surface area contributed by atoms with E-state index in [0.717, 1.165) is 12.3 Å². The first-order chi connectivity index (χ1) is 7.79. The Kier molecular flexibility index (Phi) is 4.68. The Balaban J connectivity index is 2.31. The van der Waals surface area contributed by atoms with Crippen molar-refractivity contribution in [3.63, 3.8) is 0 Å². The predicted molar refractivity (Wildman–Crippen MR) is 67.9 cm³/mol. The van der Waals surface area contributed by atoms with Gasteiger partial charge in [-0.1, -0.05) is 0 Å². The molecular formula is C11H20N2O3S. The van der Waals surface area contributed by atoms with Gasteiger partial charge in [0.05, 0.1) is 5.37 Å². The largest absolute Gasteiger partial charge is 0.444 e. The number of nitrogens with one attached hydrogen (secondary N) is 1. The summed E-state index contributed by atoms with van der Waals surface area (Å²) in [4.78, 5) is 24.9. The van der Waals surface area contributed by atoms with Crippen molar-refractivity contribution in [3.05, 3.63) is 0 Å². The molecule has 1 atom stereocenters. The van der Waals surface area contributed by atoms with Gasteiger partial charge in [-0.05, 0) is 27.7 Å². The molecule has 1 aliphatic heterocycles. The van der Waals surface area contributed by atoms with Crippen LogP contribution >= 0.6 is 11.8 Å². The number of thioether (sulfide) groups is 1. The number of carbonyl (C=O) groups is 2. The van der Waals surface area contributed by atoms with E-state index in [1.165, 1.54) is 0 Å². The smallest absolute Gasteiger partial charge is 0.408 e. The maximum atomic E-state index is 11.8. The topological polar surface area (TPSA) is 58.6 Å². The summed E-state index contributed by atoms with van der Waals surface area (Å²) in [5, 5.41) is 2.67. The Morgan fingerprint density at radius 2 is 2.12 bits per heavy atom. The molecule has 6 heteroatoms.